The number of benzene rings is 2. The lowest BCUT2D eigenvalue weighted by molar-refractivity contribution is 0.263. The van der Waals surface area contributed by atoms with Crippen LogP contribution in [0.25, 0.3) is 10.9 Å². The van der Waals surface area contributed by atoms with E-state index >= 15 is 0 Å². The van der Waals surface area contributed by atoms with Crippen molar-refractivity contribution in [3.05, 3.63) is 75.1 Å². The van der Waals surface area contributed by atoms with Gasteiger partial charge in [0.15, 0.2) is 0 Å². The fraction of sp³-hybridized carbons (Fsp3) is 0.321. The summed E-state index contributed by atoms with van der Waals surface area (Å²) in [6, 6.07) is 16.0. The molecule has 8 nitrogen and oxygen atoms in total. The Balaban J connectivity index is 0.00000336. The van der Waals surface area contributed by atoms with Crippen LogP contribution in [0, 0.1) is 0 Å². The van der Waals surface area contributed by atoms with Crippen molar-refractivity contribution in [3.63, 3.8) is 0 Å². The number of rotatable bonds is 7. The second-order valence-corrected chi connectivity index (χ2v) is 10.6. The monoisotopic (exact) mass is 598 g/mol. The second-order valence-electron chi connectivity index (χ2n) is 9.78. The lowest BCUT2D eigenvalue weighted by Crippen LogP contribution is -2.37. The number of halogens is 2. The van der Waals surface area contributed by atoms with E-state index in [0.717, 1.165) is 43.1 Å². The van der Waals surface area contributed by atoms with Crippen molar-refractivity contribution >= 4 is 56.7 Å². The Bertz CT molecular complexity index is 1440. The lowest BCUT2D eigenvalue weighted by atomic mass is 10.0. The number of anilines is 3. The number of ether oxygens (including phenoxy) is 1. The lowest BCUT2D eigenvalue weighted by Gasteiger charge is -2.29. The molecule has 0 bridgehead atoms. The van der Waals surface area contributed by atoms with E-state index in [0.29, 0.717) is 33.1 Å². The van der Waals surface area contributed by atoms with Crippen LogP contribution in [0.3, 0.4) is 0 Å². The average molecular weight is 600 g/mol. The van der Waals surface area contributed by atoms with Crippen molar-refractivity contribution in [1.29, 1.82) is 0 Å². The van der Waals surface area contributed by atoms with Crippen LogP contribution < -0.4 is 20.9 Å². The third-order valence-electron chi connectivity index (χ3n) is 6.64. The van der Waals surface area contributed by atoms with Crippen molar-refractivity contribution in [2.45, 2.75) is 38.6 Å². The summed E-state index contributed by atoms with van der Waals surface area (Å²) < 4.78 is 6.71. The molecule has 3 heterocycles. The Hall–Kier alpha value is -3.14. The largest absolute Gasteiger partial charge is 0.457 e. The van der Waals surface area contributed by atoms with Crippen molar-refractivity contribution in [3.8, 4) is 11.5 Å². The summed E-state index contributed by atoms with van der Waals surface area (Å²) in [4.78, 5) is 27.2. The zero-order valence-electron chi connectivity index (χ0n) is 21.6. The molecule has 0 atom stereocenters. The molecule has 1 aliphatic rings. The van der Waals surface area contributed by atoms with Crippen LogP contribution in [0.1, 0.15) is 38.2 Å². The number of aromatic amines is 1. The van der Waals surface area contributed by atoms with Gasteiger partial charge >= 0.3 is 0 Å². The van der Waals surface area contributed by atoms with Gasteiger partial charge in [0.2, 0.25) is 5.95 Å². The van der Waals surface area contributed by atoms with E-state index < -0.39 is 0 Å². The first-order chi connectivity index (χ1) is 17.9. The number of piperidine rings is 1. The summed E-state index contributed by atoms with van der Waals surface area (Å²) in [5, 5.41) is 7.18. The molecule has 0 aliphatic carbocycles. The van der Waals surface area contributed by atoms with Crippen molar-refractivity contribution in [1.82, 2.24) is 19.9 Å². The molecule has 0 radical (unpaired) electrons. The highest BCUT2D eigenvalue weighted by Crippen LogP contribution is 2.30. The second kappa shape index (κ2) is 12.1. The van der Waals surface area contributed by atoms with E-state index in [2.05, 4.69) is 74.5 Å². The van der Waals surface area contributed by atoms with Crippen molar-refractivity contribution < 1.29 is 4.74 Å². The molecule has 0 amide bonds. The molecule has 0 saturated carbocycles. The highest BCUT2D eigenvalue weighted by molar-refractivity contribution is 9.10. The van der Waals surface area contributed by atoms with Gasteiger partial charge in [0.25, 0.3) is 5.56 Å². The predicted molar refractivity (Wildman–Crippen MR) is 160 cm³/mol. The Morgan fingerprint density at radius 1 is 1.03 bits per heavy atom. The number of H-pyrrole nitrogens is 1. The molecule has 1 fully saturated rings. The van der Waals surface area contributed by atoms with E-state index in [1.54, 1.807) is 6.20 Å². The molecular weight excluding hydrogens is 568 g/mol. The summed E-state index contributed by atoms with van der Waals surface area (Å²) >= 11 is 3.53. The Kier molecular flexibility index (Phi) is 8.91. The standard InChI is InChI=1S/C28H31BrN6O2.ClH/c1-17(2)18-4-8-21(9-5-18)37-22-10-6-19(7-11-22)31-26-24-25(23(29)16-30-27(24)36)33-28(34-26)32-20-12-14-35(3)15-13-20;/h4-11,16-17,20H,12-15H2,1-3H3,(H,30,36)(H2,31,32,33,34);1H. The van der Waals surface area contributed by atoms with E-state index in [1.165, 1.54) is 5.56 Å². The number of pyridine rings is 1. The third-order valence-corrected chi connectivity index (χ3v) is 7.25. The van der Waals surface area contributed by atoms with Crippen LogP contribution in [-0.2, 0) is 0 Å². The van der Waals surface area contributed by atoms with Gasteiger partial charge in [0.1, 0.15) is 22.7 Å². The molecule has 2 aromatic heterocycles. The zero-order valence-corrected chi connectivity index (χ0v) is 24.0. The molecular formula is C28H32BrClN6O2. The number of fused-ring (bicyclic) bond motifs is 1. The summed E-state index contributed by atoms with van der Waals surface area (Å²) in [6.07, 6.45) is 3.64. The molecule has 0 spiro atoms. The van der Waals surface area contributed by atoms with Crippen LogP contribution in [0.5, 0.6) is 11.5 Å². The van der Waals surface area contributed by atoms with Crippen LogP contribution >= 0.6 is 28.3 Å². The number of nitrogens with zero attached hydrogens (tertiary/aromatic N) is 3. The minimum Gasteiger partial charge on any atom is -0.457 e. The Labute approximate surface area is 236 Å². The first-order valence-electron chi connectivity index (χ1n) is 12.5. The molecule has 0 unspecified atom stereocenters. The number of aromatic nitrogens is 3. The molecule has 1 aliphatic heterocycles. The number of nitrogens with one attached hydrogen (secondary N) is 3. The molecule has 1 saturated heterocycles. The SMILES string of the molecule is CC(C)c1ccc(Oc2ccc(Nc3nc(NC4CCN(C)CC4)nc4c(Br)c[nH]c(=O)c34)cc2)cc1.Cl. The van der Waals surface area contributed by atoms with Gasteiger partial charge in [-0.25, -0.2) is 4.98 Å². The molecule has 10 heteroatoms. The fourth-order valence-electron chi connectivity index (χ4n) is 4.41. The first-order valence-corrected chi connectivity index (χ1v) is 13.3. The van der Waals surface area contributed by atoms with Crippen molar-refractivity contribution in [2.24, 2.45) is 0 Å². The van der Waals surface area contributed by atoms with Crippen LogP contribution in [0.15, 0.2) is 64.0 Å². The van der Waals surface area contributed by atoms with E-state index in [4.69, 9.17) is 9.72 Å². The number of hydrogen-bond donors (Lipinski definition) is 3. The first kappa shape index (κ1) is 27.9. The normalized spacial score (nSPS) is 14.3. The minimum absolute atomic E-state index is 0. The molecule has 38 heavy (non-hydrogen) atoms. The highest BCUT2D eigenvalue weighted by Gasteiger charge is 2.20. The topological polar surface area (TPSA) is 95.2 Å². The number of hydrogen-bond acceptors (Lipinski definition) is 7. The fourth-order valence-corrected chi connectivity index (χ4v) is 4.81. The maximum Gasteiger partial charge on any atom is 0.261 e. The van der Waals surface area contributed by atoms with Crippen LogP contribution in [0.4, 0.5) is 17.5 Å². The van der Waals surface area contributed by atoms with Gasteiger partial charge in [-0.3, -0.25) is 4.79 Å². The summed E-state index contributed by atoms with van der Waals surface area (Å²) in [6.45, 7) is 6.39. The smallest absolute Gasteiger partial charge is 0.261 e. The molecule has 3 N–H and O–H groups in total. The van der Waals surface area contributed by atoms with Gasteiger partial charge in [0, 0.05) is 17.9 Å². The Morgan fingerprint density at radius 3 is 2.29 bits per heavy atom. The molecule has 4 aromatic rings. The molecule has 5 rings (SSSR count). The van der Waals surface area contributed by atoms with Gasteiger partial charge in [0.05, 0.1) is 9.99 Å². The van der Waals surface area contributed by atoms with Gasteiger partial charge in [-0.2, -0.15) is 4.98 Å². The molecule has 200 valence electrons. The average Bonchev–Trinajstić information content (AvgIpc) is 2.89. The van der Waals surface area contributed by atoms with E-state index in [-0.39, 0.29) is 24.0 Å². The van der Waals surface area contributed by atoms with E-state index in [9.17, 15) is 4.79 Å². The third kappa shape index (κ3) is 6.46. The number of likely N-dealkylation sites (tertiary alicyclic amines) is 1. The highest BCUT2D eigenvalue weighted by atomic mass is 79.9. The van der Waals surface area contributed by atoms with Gasteiger partial charge in [-0.1, -0.05) is 26.0 Å². The summed E-state index contributed by atoms with van der Waals surface area (Å²) in [5.74, 6) is 2.93. The van der Waals surface area contributed by atoms with Gasteiger partial charge in [-0.05, 0) is 96.8 Å². The van der Waals surface area contributed by atoms with Crippen LogP contribution in [0.2, 0.25) is 0 Å². The van der Waals surface area contributed by atoms with Crippen LogP contribution in [-0.4, -0.2) is 46.0 Å². The minimum atomic E-state index is -0.253. The summed E-state index contributed by atoms with van der Waals surface area (Å²) in [5.41, 5.74) is 2.36. The predicted octanol–water partition coefficient (Wildman–Crippen LogP) is 6.67. The Morgan fingerprint density at radius 2 is 1.66 bits per heavy atom. The van der Waals surface area contributed by atoms with Gasteiger partial charge in [-0.15, -0.1) is 12.4 Å². The van der Waals surface area contributed by atoms with Crippen molar-refractivity contribution in [2.75, 3.05) is 30.8 Å². The summed E-state index contributed by atoms with van der Waals surface area (Å²) in [7, 11) is 2.13. The van der Waals surface area contributed by atoms with Gasteiger partial charge < -0.3 is 25.3 Å². The van der Waals surface area contributed by atoms with E-state index in [1.807, 2.05) is 36.4 Å². The maximum absolute atomic E-state index is 12.8. The maximum atomic E-state index is 12.8. The zero-order chi connectivity index (χ0) is 25.9. The quantitative estimate of drug-likeness (QED) is 0.218. The molecule has 2 aromatic carbocycles.